The Morgan fingerprint density at radius 1 is 1.50 bits per heavy atom. The van der Waals surface area contributed by atoms with E-state index in [1.165, 1.54) is 10.7 Å². The van der Waals surface area contributed by atoms with Crippen LogP contribution in [0.15, 0.2) is 30.6 Å². The molecule has 0 bridgehead atoms. The standard InChI is InChI=1S/C10H10N4O2/c11-10(16)9-2-4-14(13-9)8-1-3-12-7(5-8)6-15/h1-5,15H,6H2,(H2,11,16). The first-order valence-electron chi connectivity index (χ1n) is 4.62. The fourth-order valence-electron chi connectivity index (χ4n) is 1.29. The summed E-state index contributed by atoms with van der Waals surface area (Å²) in [6, 6.07) is 4.93. The number of hydrogen-bond donors (Lipinski definition) is 2. The van der Waals surface area contributed by atoms with Crippen molar-refractivity contribution in [2.75, 3.05) is 0 Å². The van der Waals surface area contributed by atoms with Crippen molar-refractivity contribution in [1.82, 2.24) is 14.8 Å². The topological polar surface area (TPSA) is 94.0 Å². The van der Waals surface area contributed by atoms with Crippen LogP contribution >= 0.6 is 0 Å². The molecule has 0 aliphatic heterocycles. The fraction of sp³-hybridized carbons (Fsp3) is 0.100. The third-order valence-corrected chi connectivity index (χ3v) is 2.07. The SMILES string of the molecule is NC(=O)c1ccn(-c2ccnc(CO)c2)n1. The number of aliphatic hydroxyl groups is 1. The molecule has 0 aliphatic rings. The molecule has 1 amide bonds. The van der Waals surface area contributed by atoms with Gasteiger partial charge in [-0.1, -0.05) is 0 Å². The number of primary amides is 1. The van der Waals surface area contributed by atoms with E-state index in [0.717, 1.165) is 0 Å². The molecule has 2 heterocycles. The van der Waals surface area contributed by atoms with Gasteiger partial charge in [0.05, 0.1) is 18.0 Å². The highest BCUT2D eigenvalue weighted by atomic mass is 16.3. The molecule has 0 aliphatic carbocycles. The zero-order valence-electron chi connectivity index (χ0n) is 8.37. The number of nitrogens with two attached hydrogens (primary N) is 1. The highest BCUT2D eigenvalue weighted by Gasteiger charge is 2.06. The van der Waals surface area contributed by atoms with Crippen molar-refractivity contribution in [2.24, 2.45) is 5.73 Å². The quantitative estimate of drug-likeness (QED) is 0.749. The van der Waals surface area contributed by atoms with Crippen molar-refractivity contribution in [3.05, 3.63) is 42.0 Å². The molecule has 2 aromatic heterocycles. The summed E-state index contributed by atoms with van der Waals surface area (Å²) in [5.41, 5.74) is 6.54. The number of aliphatic hydroxyl groups excluding tert-OH is 1. The first-order valence-corrected chi connectivity index (χ1v) is 4.62. The van der Waals surface area contributed by atoms with E-state index in [1.807, 2.05) is 0 Å². The van der Waals surface area contributed by atoms with Crippen LogP contribution in [0.25, 0.3) is 5.69 Å². The Morgan fingerprint density at radius 3 is 2.94 bits per heavy atom. The predicted octanol–water partition coefficient (Wildman–Crippen LogP) is -0.142. The first-order chi connectivity index (χ1) is 7.70. The molecule has 2 rings (SSSR count). The molecule has 0 saturated heterocycles. The van der Waals surface area contributed by atoms with Gasteiger partial charge >= 0.3 is 0 Å². The zero-order chi connectivity index (χ0) is 11.5. The molecular formula is C10H10N4O2. The summed E-state index contributed by atoms with van der Waals surface area (Å²) >= 11 is 0. The predicted molar refractivity (Wildman–Crippen MR) is 55.8 cm³/mol. The normalized spacial score (nSPS) is 10.3. The molecule has 6 heteroatoms. The summed E-state index contributed by atoms with van der Waals surface area (Å²) in [5, 5.41) is 12.9. The van der Waals surface area contributed by atoms with Crippen LogP contribution in [0, 0.1) is 0 Å². The van der Waals surface area contributed by atoms with E-state index >= 15 is 0 Å². The van der Waals surface area contributed by atoms with E-state index in [2.05, 4.69) is 10.1 Å². The number of carbonyl (C=O) groups excluding carboxylic acids is 1. The van der Waals surface area contributed by atoms with Gasteiger partial charge in [0.1, 0.15) is 5.69 Å². The largest absolute Gasteiger partial charge is 0.390 e. The molecule has 0 unspecified atom stereocenters. The number of hydrogen-bond acceptors (Lipinski definition) is 4. The third-order valence-electron chi connectivity index (χ3n) is 2.07. The summed E-state index contributed by atoms with van der Waals surface area (Å²) in [7, 11) is 0. The van der Waals surface area contributed by atoms with Crippen molar-refractivity contribution in [2.45, 2.75) is 6.61 Å². The Labute approximate surface area is 91.3 Å². The van der Waals surface area contributed by atoms with Gasteiger partial charge in [0.15, 0.2) is 0 Å². The molecule has 82 valence electrons. The maximum absolute atomic E-state index is 10.9. The minimum atomic E-state index is -0.574. The number of nitrogens with zero attached hydrogens (tertiary/aromatic N) is 3. The second-order valence-electron chi connectivity index (χ2n) is 3.17. The monoisotopic (exact) mass is 218 g/mol. The lowest BCUT2D eigenvalue weighted by Crippen LogP contribution is -2.12. The molecule has 0 atom stereocenters. The summed E-state index contributed by atoms with van der Waals surface area (Å²) in [4.78, 5) is 14.8. The van der Waals surface area contributed by atoms with E-state index < -0.39 is 5.91 Å². The lowest BCUT2D eigenvalue weighted by molar-refractivity contribution is 0.0995. The van der Waals surface area contributed by atoms with Crippen molar-refractivity contribution in [3.63, 3.8) is 0 Å². The maximum Gasteiger partial charge on any atom is 0.269 e. The van der Waals surface area contributed by atoms with E-state index in [1.54, 1.807) is 24.5 Å². The highest BCUT2D eigenvalue weighted by molar-refractivity contribution is 5.90. The smallest absolute Gasteiger partial charge is 0.269 e. The summed E-state index contributed by atoms with van der Waals surface area (Å²) in [5.74, 6) is -0.574. The summed E-state index contributed by atoms with van der Waals surface area (Å²) < 4.78 is 1.50. The van der Waals surface area contributed by atoms with Gasteiger partial charge in [-0.3, -0.25) is 9.78 Å². The van der Waals surface area contributed by atoms with Crippen LogP contribution < -0.4 is 5.73 Å². The van der Waals surface area contributed by atoms with Crippen molar-refractivity contribution in [1.29, 1.82) is 0 Å². The van der Waals surface area contributed by atoms with E-state index in [-0.39, 0.29) is 12.3 Å². The van der Waals surface area contributed by atoms with Crippen LogP contribution in [0.2, 0.25) is 0 Å². The number of pyridine rings is 1. The second-order valence-corrected chi connectivity index (χ2v) is 3.17. The van der Waals surface area contributed by atoms with Crippen LogP contribution in [0.4, 0.5) is 0 Å². The second kappa shape index (κ2) is 4.11. The molecule has 16 heavy (non-hydrogen) atoms. The average Bonchev–Trinajstić information content (AvgIpc) is 2.78. The first kappa shape index (κ1) is 10.3. The third kappa shape index (κ3) is 1.91. The van der Waals surface area contributed by atoms with Gasteiger partial charge in [0.2, 0.25) is 0 Å². The van der Waals surface area contributed by atoms with Crippen LogP contribution in [-0.4, -0.2) is 25.8 Å². The number of amides is 1. The minimum absolute atomic E-state index is 0.141. The van der Waals surface area contributed by atoms with E-state index in [4.69, 9.17) is 10.8 Å². The Morgan fingerprint density at radius 2 is 2.31 bits per heavy atom. The highest BCUT2D eigenvalue weighted by Crippen LogP contribution is 2.08. The molecular weight excluding hydrogens is 208 g/mol. The molecule has 0 aromatic carbocycles. The molecule has 3 N–H and O–H groups in total. The number of carbonyl (C=O) groups is 1. The van der Waals surface area contributed by atoms with Gasteiger partial charge in [-0.2, -0.15) is 5.10 Å². The lowest BCUT2D eigenvalue weighted by Gasteiger charge is -2.02. The Bertz CT molecular complexity index is 521. The van der Waals surface area contributed by atoms with Gasteiger partial charge in [0.25, 0.3) is 5.91 Å². The number of aromatic nitrogens is 3. The Hall–Kier alpha value is -2.21. The Balaban J connectivity index is 2.38. The molecule has 0 radical (unpaired) electrons. The van der Waals surface area contributed by atoms with E-state index in [9.17, 15) is 4.79 Å². The molecule has 0 spiro atoms. The summed E-state index contributed by atoms with van der Waals surface area (Å²) in [6.07, 6.45) is 3.18. The van der Waals surface area contributed by atoms with Crippen molar-refractivity contribution >= 4 is 5.91 Å². The zero-order valence-corrected chi connectivity index (χ0v) is 8.37. The van der Waals surface area contributed by atoms with Gasteiger partial charge < -0.3 is 10.8 Å². The van der Waals surface area contributed by atoms with Gasteiger partial charge in [-0.15, -0.1) is 0 Å². The lowest BCUT2D eigenvalue weighted by atomic mass is 10.3. The van der Waals surface area contributed by atoms with Gasteiger partial charge in [0, 0.05) is 12.4 Å². The fourth-order valence-corrected chi connectivity index (χ4v) is 1.29. The van der Waals surface area contributed by atoms with Crippen LogP contribution in [0.5, 0.6) is 0 Å². The van der Waals surface area contributed by atoms with E-state index in [0.29, 0.717) is 11.4 Å². The maximum atomic E-state index is 10.9. The van der Waals surface area contributed by atoms with Gasteiger partial charge in [-0.05, 0) is 18.2 Å². The molecule has 2 aromatic rings. The van der Waals surface area contributed by atoms with Crippen molar-refractivity contribution < 1.29 is 9.90 Å². The molecule has 6 nitrogen and oxygen atoms in total. The van der Waals surface area contributed by atoms with Crippen LogP contribution in [-0.2, 0) is 6.61 Å². The summed E-state index contributed by atoms with van der Waals surface area (Å²) in [6.45, 7) is -0.141. The van der Waals surface area contributed by atoms with Crippen molar-refractivity contribution in [3.8, 4) is 5.69 Å². The van der Waals surface area contributed by atoms with Crippen LogP contribution in [0.3, 0.4) is 0 Å². The number of rotatable bonds is 3. The average molecular weight is 218 g/mol. The Kier molecular flexibility index (Phi) is 2.65. The van der Waals surface area contributed by atoms with Crippen LogP contribution in [0.1, 0.15) is 16.2 Å². The van der Waals surface area contributed by atoms with Gasteiger partial charge in [-0.25, -0.2) is 4.68 Å². The molecule has 0 saturated carbocycles. The minimum Gasteiger partial charge on any atom is -0.390 e. The molecule has 0 fully saturated rings.